The zero-order valence-corrected chi connectivity index (χ0v) is 12.0. The third-order valence-electron chi connectivity index (χ3n) is 2.78. The highest BCUT2D eigenvalue weighted by Gasteiger charge is 2.14. The van der Waals surface area contributed by atoms with Gasteiger partial charge in [0.25, 0.3) is 0 Å². The van der Waals surface area contributed by atoms with Crippen LogP contribution in [0.25, 0.3) is 0 Å². The lowest BCUT2D eigenvalue weighted by Gasteiger charge is -2.22. The first-order chi connectivity index (χ1) is 8.08. The van der Waals surface area contributed by atoms with Crippen molar-refractivity contribution >= 4 is 23.4 Å². The van der Waals surface area contributed by atoms with E-state index < -0.39 is 0 Å². The average Bonchev–Trinajstić information content (AvgIpc) is 2.28. The first-order valence-electron chi connectivity index (χ1n) is 5.78. The molecule has 0 aromatic heterocycles. The summed E-state index contributed by atoms with van der Waals surface area (Å²) in [5.74, 6) is 0.779. The van der Waals surface area contributed by atoms with Gasteiger partial charge in [0.15, 0.2) is 0 Å². The van der Waals surface area contributed by atoms with Gasteiger partial charge in [0.05, 0.1) is 0 Å². The molecule has 1 rings (SSSR count). The van der Waals surface area contributed by atoms with Crippen molar-refractivity contribution in [3.05, 3.63) is 34.6 Å². The van der Waals surface area contributed by atoms with Crippen LogP contribution in [0.3, 0.4) is 0 Å². The first-order valence-corrected chi connectivity index (χ1v) is 7.55. The van der Waals surface area contributed by atoms with Gasteiger partial charge in [-0.1, -0.05) is 24.6 Å². The molecule has 1 aromatic carbocycles. The molecule has 0 heterocycles. The molecule has 0 aliphatic rings. The molecule has 0 saturated heterocycles. The number of hydrogen-bond donors (Lipinski definition) is 1. The lowest BCUT2D eigenvalue weighted by molar-refractivity contribution is 0.474. The van der Waals surface area contributed by atoms with Crippen LogP contribution in [0.1, 0.15) is 31.9 Å². The molecule has 0 fully saturated rings. The van der Waals surface area contributed by atoms with Gasteiger partial charge in [0, 0.05) is 22.9 Å². The quantitative estimate of drug-likeness (QED) is 0.832. The molecule has 2 atom stereocenters. The number of hydrogen-bond acceptors (Lipinski definition) is 2. The van der Waals surface area contributed by atoms with Gasteiger partial charge < -0.3 is 5.32 Å². The predicted molar refractivity (Wildman–Crippen MR) is 75.4 cm³/mol. The van der Waals surface area contributed by atoms with E-state index in [4.69, 9.17) is 11.6 Å². The van der Waals surface area contributed by atoms with E-state index in [0.717, 1.165) is 17.7 Å². The predicted octanol–water partition coefficient (Wildman–Crippen LogP) is 4.27. The van der Waals surface area contributed by atoms with Gasteiger partial charge in [0.2, 0.25) is 0 Å². The largest absolute Gasteiger partial charge is 0.307 e. The Kier molecular flexibility index (Phi) is 6.31. The van der Waals surface area contributed by atoms with Gasteiger partial charge in [-0.05, 0) is 37.3 Å². The maximum Gasteiger partial charge on any atom is 0.124 e. The number of halogens is 2. The van der Waals surface area contributed by atoms with Gasteiger partial charge in [-0.3, -0.25) is 0 Å². The number of benzene rings is 1. The van der Waals surface area contributed by atoms with Crippen molar-refractivity contribution in [3.8, 4) is 0 Å². The monoisotopic (exact) mass is 275 g/mol. The van der Waals surface area contributed by atoms with Gasteiger partial charge in [-0.25, -0.2) is 4.39 Å². The minimum absolute atomic E-state index is 0.139. The van der Waals surface area contributed by atoms with Crippen LogP contribution in [-0.4, -0.2) is 18.1 Å². The molecule has 96 valence electrons. The molecule has 1 nitrogen and oxygen atoms in total. The van der Waals surface area contributed by atoms with Crippen LogP contribution in [0.4, 0.5) is 4.39 Å². The highest BCUT2D eigenvalue weighted by Crippen LogP contribution is 2.24. The van der Waals surface area contributed by atoms with E-state index in [1.165, 1.54) is 12.1 Å². The summed E-state index contributed by atoms with van der Waals surface area (Å²) < 4.78 is 13.0. The Morgan fingerprint density at radius 2 is 2.18 bits per heavy atom. The summed E-state index contributed by atoms with van der Waals surface area (Å²) in [6, 6.07) is 5.17. The smallest absolute Gasteiger partial charge is 0.124 e. The third-order valence-corrected chi connectivity index (χ3v) is 3.84. The fraction of sp³-hybridized carbons (Fsp3) is 0.538. The lowest BCUT2D eigenvalue weighted by atomic mass is 10.1. The van der Waals surface area contributed by atoms with Crippen LogP contribution in [0.15, 0.2) is 18.2 Å². The Balaban J connectivity index is 2.71. The molecule has 0 aliphatic carbocycles. The molecule has 1 aromatic rings. The molecule has 17 heavy (non-hydrogen) atoms. The van der Waals surface area contributed by atoms with E-state index in [1.807, 2.05) is 11.8 Å². The van der Waals surface area contributed by atoms with Crippen molar-refractivity contribution in [3.63, 3.8) is 0 Å². The topological polar surface area (TPSA) is 12.0 Å². The molecule has 0 amide bonds. The average molecular weight is 276 g/mol. The molecule has 4 heteroatoms. The second-order valence-electron chi connectivity index (χ2n) is 4.11. The van der Waals surface area contributed by atoms with Crippen molar-refractivity contribution in [1.82, 2.24) is 5.32 Å². The summed E-state index contributed by atoms with van der Waals surface area (Å²) in [6.45, 7) is 4.22. The van der Waals surface area contributed by atoms with Crippen molar-refractivity contribution in [2.45, 2.75) is 32.4 Å². The van der Waals surface area contributed by atoms with Crippen molar-refractivity contribution < 1.29 is 4.39 Å². The van der Waals surface area contributed by atoms with E-state index in [-0.39, 0.29) is 11.9 Å². The zero-order chi connectivity index (χ0) is 12.8. The van der Waals surface area contributed by atoms with Crippen molar-refractivity contribution in [1.29, 1.82) is 0 Å². The van der Waals surface area contributed by atoms with Crippen molar-refractivity contribution in [2.75, 3.05) is 12.0 Å². The van der Waals surface area contributed by atoms with E-state index >= 15 is 0 Å². The number of thioether (sulfide) groups is 1. The second-order valence-corrected chi connectivity index (χ2v) is 5.43. The van der Waals surface area contributed by atoms with Crippen LogP contribution in [0, 0.1) is 5.82 Å². The highest BCUT2D eigenvalue weighted by atomic mass is 35.5. The van der Waals surface area contributed by atoms with Crippen LogP contribution >= 0.6 is 23.4 Å². The standard InChI is InChI=1S/C13H19ClFNS/c1-4-11(8-17-3)16-9(2)12-6-5-10(15)7-13(12)14/h5-7,9,11,16H,4,8H2,1-3H3. The van der Waals surface area contributed by atoms with Crippen LogP contribution in [0.5, 0.6) is 0 Å². The highest BCUT2D eigenvalue weighted by molar-refractivity contribution is 7.98. The number of rotatable bonds is 6. The summed E-state index contributed by atoms with van der Waals surface area (Å²) in [6.07, 6.45) is 3.17. The Morgan fingerprint density at radius 3 is 2.71 bits per heavy atom. The molecule has 0 bridgehead atoms. The normalized spacial score (nSPS) is 14.6. The summed E-state index contributed by atoms with van der Waals surface area (Å²) in [7, 11) is 0. The SMILES string of the molecule is CCC(CSC)NC(C)c1ccc(F)cc1Cl. The van der Waals surface area contributed by atoms with Gasteiger partial charge in [0.1, 0.15) is 5.82 Å². The molecular formula is C13H19ClFNS. The molecule has 0 saturated carbocycles. The molecule has 0 radical (unpaired) electrons. The maximum atomic E-state index is 13.0. The molecule has 0 spiro atoms. The van der Waals surface area contributed by atoms with Crippen LogP contribution < -0.4 is 5.32 Å². The van der Waals surface area contributed by atoms with Gasteiger partial charge in [-0.2, -0.15) is 11.8 Å². The van der Waals surface area contributed by atoms with E-state index in [1.54, 1.807) is 6.07 Å². The summed E-state index contributed by atoms with van der Waals surface area (Å²) in [5.41, 5.74) is 0.951. The molecular weight excluding hydrogens is 257 g/mol. The zero-order valence-electron chi connectivity index (χ0n) is 10.5. The first kappa shape index (κ1) is 14.8. The molecule has 1 N–H and O–H groups in total. The van der Waals surface area contributed by atoms with E-state index in [0.29, 0.717) is 11.1 Å². The fourth-order valence-electron chi connectivity index (χ4n) is 1.78. The third kappa shape index (κ3) is 4.49. The molecule has 0 aliphatic heterocycles. The fourth-order valence-corrected chi connectivity index (χ4v) is 2.85. The van der Waals surface area contributed by atoms with E-state index in [2.05, 4.69) is 25.4 Å². The number of nitrogens with one attached hydrogen (secondary N) is 1. The second kappa shape index (κ2) is 7.24. The minimum Gasteiger partial charge on any atom is -0.307 e. The summed E-state index contributed by atoms with van der Waals surface area (Å²) in [4.78, 5) is 0. The molecule has 2 unspecified atom stereocenters. The lowest BCUT2D eigenvalue weighted by Crippen LogP contribution is -2.33. The van der Waals surface area contributed by atoms with Crippen LogP contribution in [0.2, 0.25) is 5.02 Å². The van der Waals surface area contributed by atoms with Crippen LogP contribution in [-0.2, 0) is 0 Å². The Hall–Kier alpha value is -0.250. The Labute approximate surface area is 112 Å². The summed E-state index contributed by atoms with van der Waals surface area (Å²) >= 11 is 7.87. The Morgan fingerprint density at radius 1 is 1.47 bits per heavy atom. The maximum absolute atomic E-state index is 13.0. The van der Waals surface area contributed by atoms with Crippen molar-refractivity contribution in [2.24, 2.45) is 0 Å². The van der Waals surface area contributed by atoms with E-state index in [9.17, 15) is 4.39 Å². The van der Waals surface area contributed by atoms with Gasteiger partial charge in [-0.15, -0.1) is 0 Å². The summed E-state index contributed by atoms with van der Waals surface area (Å²) in [5, 5.41) is 4.01. The Bertz CT molecular complexity index is 359. The van der Waals surface area contributed by atoms with Gasteiger partial charge >= 0.3 is 0 Å². The minimum atomic E-state index is -0.290.